The quantitative estimate of drug-likeness (QED) is 0.0433. The summed E-state index contributed by atoms with van der Waals surface area (Å²) in [7, 11) is 6.13. The van der Waals surface area contributed by atoms with Gasteiger partial charge in [0.2, 0.25) is 5.79 Å². The molecule has 2 bridgehead atoms. The largest absolute Gasteiger partial charge is 0.456 e. The van der Waals surface area contributed by atoms with Crippen LogP contribution in [0.25, 0.3) is 10.4 Å². The molecule has 0 aromatic carbocycles. The standard InChI is InChI=1S/C46H74N4O12/c1-11-33-21-27(2)20-28(3)22-38(56-7)42-39(57-8)24-31(6)46(55,62-42)43(52)44(53)50-19-13-12-14-35(50)45(54)61-41(29(4)15-18-36(33)51)30(5)23-32-16-17-34(48-49-47)37(25-32)60-26-40(58-9)59-10/h21,23,28-29,31-35,37-42,55H,11-20,22,24-26H2,1-10H3. The predicted octanol–water partition coefficient (Wildman–Crippen LogP) is 6.81. The number of carbonyl (C=O) groups is 4. The van der Waals surface area contributed by atoms with Gasteiger partial charge in [-0.25, -0.2) is 4.79 Å². The fraction of sp³-hybridized carbons (Fsp3) is 0.826. The molecule has 4 rings (SSSR count). The van der Waals surface area contributed by atoms with Crippen LogP contribution in [0.2, 0.25) is 0 Å². The zero-order valence-corrected chi connectivity index (χ0v) is 38.8. The van der Waals surface area contributed by atoms with E-state index in [0.717, 1.165) is 11.1 Å². The summed E-state index contributed by atoms with van der Waals surface area (Å²) in [6.07, 6.45) is 6.38. The minimum absolute atomic E-state index is 0.0193. The van der Waals surface area contributed by atoms with Crippen molar-refractivity contribution < 1.29 is 57.4 Å². The number of fused-ring (bicyclic) bond motifs is 3. The van der Waals surface area contributed by atoms with E-state index in [9.17, 15) is 29.8 Å². The Morgan fingerprint density at radius 1 is 1.00 bits per heavy atom. The lowest BCUT2D eigenvalue weighted by Gasteiger charge is -2.47. The lowest BCUT2D eigenvalue weighted by atomic mass is 9.81. The van der Waals surface area contributed by atoms with Gasteiger partial charge < -0.3 is 43.2 Å². The second-order valence-electron chi connectivity index (χ2n) is 18.2. The van der Waals surface area contributed by atoms with Gasteiger partial charge in [-0.1, -0.05) is 50.5 Å². The number of ether oxygens (including phenoxy) is 7. The van der Waals surface area contributed by atoms with Crippen LogP contribution in [0.1, 0.15) is 119 Å². The van der Waals surface area contributed by atoms with Crippen molar-refractivity contribution in [3.63, 3.8) is 0 Å². The first kappa shape index (κ1) is 51.4. The number of allylic oxidation sites excluding steroid dienone is 3. The van der Waals surface area contributed by atoms with Crippen LogP contribution in [-0.4, -0.2) is 130 Å². The Bertz CT molecular complexity index is 1630. The van der Waals surface area contributed by atoms with Gasteiger partial charge in [-0.2, -0.15) is 0 Å². The number of esters is 1. The minimum atomic E-state index is -2.49. The zero-order valence-electron chi connectivity index (χ0n) is 38.8. The third-order valence-corrected chi connectivity index (χ3v) is 13.6. The van der Waals surface area contributed by atoms with Gasteiger partial charge in [-0.15, -0.1) is 0 Å². The van der Waals surface area contributed by atoms with Crippen molar-refractivity contribution in [3.8, 4) is 0 Å². The van der Waals surface area contributed by atoms with E-state index in [1.165, 1.54) is 19.1 Å². The highest BCUT2D eigenvalue weighted by molar-refractivity contribution is 6.39. The van der Waals surface area contributed by atoms with E-state index in [0.29, 0.717) is 57.8 Å². The molecule has 0 spiro atoms. The zero-order chi connectivity index (χ0) is 45.7. The number of ketones is 2. The van der Waals surface area contributed by atoms with Gasteiger partial charge in [-0.05, 0) is 113 Å². The molecule has 13 atom stereocenters. The number of hydrogen-bond donors (Lipinski definition) is 1. The minimum Gasteiger partial charge on any atom is -0.456 e. The molecule has 4 aliphatic rings. The van der Waals surface area contributed by atoms with E-state index in [1.807, 2.05) is 27.7 Å². The number of azide groups is 1. The molecule has 1 amide bonds. The first-order valence-electron chi connectivity index (χ1n) is 22.7. The Balaban J connectivity index is 1.72. The van der Waals surface area contributed by atoms with Crippen molar-refractivity contribution in [1.29, 1.82) is 0 Å². The summed E-state index contributed by atoms with van der Waals surface area (Å²) in [6.45, 7) is 11.9. The number of Topliss-reactive ketones (excluding diaryl/α,β-unsaturated/α-hetero) is 2. The molecule has 2 saturated heterocycles. The lowest BCUT2D eigenvalue weighted by Crippen LogP contribution is -2.64. The average Bonchev–Trinajstić information content (AvgIpc) is 3.26. The highest BCUT2D eigenvalue weighted by Gasteiger charge is 2.56. The van der Waals surface area contributed by atoms with Crippen LogP contribution < -0.4 is 0 Å². The molecule has 1 N–H and O–H groups in total. The summed E-state index contributed by atoms with van der Waals surface area (Å²) >= 11 is 0. The summed E-state index contributed by atoms with van der Waals surface area (Å²) < 4.78 is 41.3. The first-order valence-corrected chi connectivity index (χ1v) is 22.7. The van der Waals surface area contributed by atoms with Crippen molar-refractivity contribution in [3.05, 3.63) is 33.7 Å². The Morgan fingerprint density at radius 3 is 2.34 bits per heavy atom. The summed E-state index contributed by atoms with van der Waals surface area (Å²) in [5.41, 5.74) is 11.1. The van der Waals surface area contributed by atoms with E-state index in [-0.39, 0.29) is 67.9 Å². The fourth-order valence-corrected chi connectivity index (χ4v) is 9.95. The van der Waals surface area contributed by atoms with Gasteiger partial charge in [0.05, 0.1) is 31.0 Å². The normalized spacial score (nSPS) is 36.5. The fourth-order valence-electron chi connectivity index (χ4n) is 9.95. The number of nitrogens with zero attached hydrogens (tertiary/aromatic N) is 4. The molecule has 3 fully saturated rings. The van der Waals surface area contributed by atoms with Crippen molar-refractivity contribution in [2.75, 3.05) is 41.6 Å². The molecule has 1 saturated carbocycles. The Labute approximate surface area is 368 Å². The number of aliphatic hydroxyl groups is 1. The number of hydrogen-bond acceptors (Lipinski definition) is 13. The van der Waals surface area contributed by atoms with Gasteiger partial charge in [0.1, 0.15) is 24.0 Å². The number of methoxy groups -OCH3 is 4. The Morgan fingerprint density at radius 2 is 1.69 bits per heavy atom. The molecule has 0 aromatic rings. The van der Waals surface area contributed by atoms with Gasteiger partial charge in [0, 0.05) is 58.2 Å². The number of amides is 1. The number of piperidine rings is 1. The topological polar surface area (TPSA) is 205 Å². The van der Waals surface area contributed by atoms with Gasteiger partial charge in [0.15, 0.2) is 6.29 Å². The lowest BCUT2D eigenvalue weighted by molar-refractivity contribution is -0.302. The van der Waals surface area contributed by atoms with Crippen LogP contribution in [0.4, 0.5) is 0 Å². The number of rotatable bonds is 11. The van der Waals surface area contributed by atoms with Crippen LogP contribution in [0.3, 0.4) is 0 Å². The molecule has 0 radical (unpaired) electrons. The van der Waals surface area contributed by atoms with Crippen LogP contribution in [0, 0.1) is 29.6 Å². The van der Waals surface area contributed by atoms with Crippen molar-refractivity contribution in [1.82, 2.24) is 4.90 Å². The molecule has 1 aliphatic carbocycles. The molecular formula is C46H74N4O12. The number of carbonyl (C=O) groups excluding carboxylic acids is 4. The molecule has 350 valence electrons. The maximum atomic E-state index is 14.4. The van der Waals surface area contributed by atoms with Crippen molar-refractivity contribution in [2.45, 2.75) is 173 Å². The highest BCUT2D eigenvalue weighted by Crippen LogP contribution is 2.39. The van der Waals surface area contributed by atoms with Gasteiger partial charge >= 0.3 is 5.97 Å². The van der Waals surface area contributed by atoms with Crippen molar-refractivity contribution in [2.24, 2.45) is 34.7 Å². The van der Waals surface area contributed by atoms with Crippen LogP contribution >= 0.6 is 0 Å². The first-order chi connectivity index (χ1) is 29.5. The molecule has 16 nitrogen and oxygen atoms in total. The van der Waals surface area contributed by atoms with E-state index >= 15 is 0 Å². The third kappa shape index (κ3) is 13.0. The molecular weight excluding hydrogens is 801 g/mol. The van der Waals surface area contributed by atoms with Gasteiger partial charge in [0.25, 0.3) is 11.7 Å². The smallest absolute Gasteiger partial charge is 0.329 e. The van der Waals surface area contributed by atoms with Crippen molar-refractivity contribution >= 4 is 23.4 Å². The monoisotopic (exact) mass is 875 g/mol. The Kier molecular flexibility index (Phi) is 20.1. The average molecular weight is 875 g/mol. The van der Waals surface area contributed by atoms with Crippen LogP contribution in [0.5, 0.6) is 0 Å². The second-order valence-corrected chi connectivity index (χ2v) is 18.2. The molecule has 0 aromatic heterocycles. The maximum absolute atomic E-state index is 14.4. The highest BCUT2D eigenvalue weighted by atomic mass is 16.7. The van der Waals surface area contributed by atoms with E-state index < -0.39 is 72.2 Å². The summed E-state index contributed by atoms with van der Waals surface area (Å²) in [6, 6.07) is -1.46. The third-order valence-electron chi connectivity index (χ3n) is 13.6. The number of cyclic esters (lactones) is 1. The van der Waals surface area contributed by atoms with E-state index in [2.05, 4.69) is 29.1 Å². The molecule has 13 unspecified atom stereocenters. The molecule has 16 heteroatoms. The maximum Gasteiger partial charge on any atom is 0.329 e. The van der Waals surface area contributed by atoms with E-state index in [1.54, 1.807) is 21.1 Å². The van der Waals surface area contributed by atoms with E-state index in [4.69, 9.17) is 33.2 Å². The van der Waals surface area contributed by atoms with Crippen LogP contribution in [0.15, 0.2) is 28.4 Å². The summed E-state index contributed by atoms with van der Waals surface area (Å²) in [4.78, 5) is 61.2. The summed E-state index contributed by atoms with van der Waals surface area (Å²) in [5.74, 6) is -6.54. The Hall–Kier alpha value is -3.21. The van der Waals surface area contributed by atoms with Gasteiger partial charge in [-0.3, -0.25) is 14.4 Å². The van der Waals surface area contributed by atoms with Crippen LogP contribution in [-0.2, 0) is 52.3 Å². The summed E-state index contributed by atoms with van der Waals surface area (Å²) in [5, 5.41) is 16.1. The molecule has 3 aliphatic heterocycles. The predicted molar refractivity (Wildman–Crippen MR) is 230 cm³/mol. The molecule has 3 heterocycles. The molecule has 62 heavy (non-hydrogen) atoms. The second kappa shape index (κ2) is 24.2. The SMILES string of the molecule is CCC1C=C(C)CC(C)CC(OC)C2OC(O)(C(=O)C(=O)N3CCCCC3C(=O)OC(C(C)=CC3CCC(N=[N+]=[N-])C(OCC(OC)OC)C3)C(C)CCC1=O)C(C)CC2OC.